The van der Waals surface area contributed by atoms with Gasteiger partial charge in [0.15, 0.2) is 0 Å². The minimum absolute atomic E-state index is 0.0608. The van der Waals surface area contributed by atoms with Crippen LogP contribution in [0.1, 0.15) is 17.7 Å². The van der Waals surface area contributed by atoms with Gasteiger partial charge in [-0.1, -0.05) is 17.7 Å². The van der Waals surface area contributed by atoms with E-state index in [4.69, 9.17) is 16.3 Å². The van der Waals surface area contributed by atoms with Crippen LogP contribution in [0.4, 0.5) is 27.5 Å². The largest absolute Gasteiger partial charge is 0.378 e. The molecule has 2 N–H and O–H groups in total. The number of benzene rings is 2. The summed E-state index contributed by atoms with van der Waals surface area (Å²) < 4.78 is 18.7. The van der Waals surface area contributed by atoms with Crippen LogP contribution < -0.4 is 15.5 Å². The van der Waals surface area contributed by atoms with Crippen molar-refractivity contribution in [3.63, 3.8) is 0 Å². The van der Waals surface area contributed by atoms with Crippen LogP contribution >= 0.6 is 11.6 Å². The standard InChI is InChI=1S/C24H25ClFN5O2/c1-16-14-22(31-10-12-33-13-11-31)30-24(27-16)29-19-6-4-18(5-7-19)28-23(32)9-3-17-2-8-21(26)20(25)15-17/h2,4-8,14-15H,3,9-13H2,1H3,(H,28,32)(H,27,29,30). The highest BCUT2D eigenvalue weighted by atomic mass is 35.5. The van der Waals surface area contributed by atoms with Gasteiger partial charge in [0.2, 0.25) is 11.9 Å². The summed E-state index contributed by atoms with van der Waals surface area (Å²) >= 11 is 5.79. The van der Waals surface area contributed by atoms with Crippen molar-refractivity contribution in [1.82, 2.24) is 9.97 Å². The van der Waals surface area contributed by atoms with E-state index in [9.17, 15) is 9.18 Å². The predicted molar refractivity (Wildman–Crippen MR) is 128 cm³/mol. The molecule has 9 heteroatoms. The van der Waals surface area contributed by atoms with Crippen molar-refractivity contribution >= 4 is 40.6 Å². The first-order chi connectivity index (χ1) is 16.0. The lowest BCUT2D eigenvalue weighted by molar-refractivity contribution is -0.116. The number of halogens is 2. The van der Waals surface area contributed by atoms with Crippen molar-refractivity contribution in [2.45, 2.75) is 19.8 Å². The Hall–Kier alpha value is -3.23. The number of nitrogens with zero attached hydrogens (tertiary/aromatic N) is 3. The molecule has 0 bridgehead atoms. The van der Waals surface area contributed by atoms with Crippen LogP contribution in [0.3, 0.4) is 0 Å². The number of carbonyl (C=O) groups excluding carboxylic acids is 1. The monoisotopic (exact) mass is 469 g/mol. The second-order valence-corrected chi connectivity index (χ2v) is 8.20. The van der Waals surface area contributed by atoms with Crippen LogP contribution in [0.15, 0.2) is 48.5 Å². The summed E-state index contributed by atoms with van der Waals surface area (Å²) in [6, 6.07) is 13.8. The number of hydrogen-bond acceptors (Lipinski definition) is 6. The molecule has 0 spiro atoms. The highest BCUT2D eigenvalue weighted by Crippen LogP contribution is 2.21. The van der Waals surface area contributed by atoms with Gasteiger partial charge in [-0.15, -0.1) is 0 Å². The zero-order chi connectivity index (χ0) is 23.2. The summed E-state index contributed by atoms with van der Waals surface area (Å²) in [5.74, 6) is 0.797. The second-order valence-electron chi connectivity index (χ2n) is 7.79. The summed E-state index contributed by atoms with van der Waals surface area (Å²) in [5, 5.41) is 6.15. The van der Waals surface area contributed by atoms with Crippen LogP contribution in [0, 0.1) is 12.7 Å². The molecule has 1 aromatic heterocycles. The molecule has 1 saturated heterocycles. The van der Waals surface area contributed by atoms with Gasteiger partial charge in [0.25, 0.3) is 0 Å². The Balaban J connectivity index is 1.33. The molecule has 4 rings (SSSR count). The lowest BCUT2D eigenvalue weighted by Gasteiger charge is -2.28. The van der Waals surface area contributed by atoms with E-state index in [1.54, 1.807) is 12.1 Å². The number of ether oxygens (including phenoxy) is 1. The number of hydrogen-bond donors (Lipinski definition) is 2. The first kappa shape index (κ1) is 22.9. The summed E-state index contributed by atoms with van der Waals surface area (Å²) in [4.78, 5) is 23.6. The van der Waals surface area contributed by atoms with Gasteiger partial charge in [-0.05, 0) is 55.3 Å². The van der Waals surface area contributed by atoms with Crippen molar-refractivity contribution < 1.29 is 13.9 Å². The van der Waals surface area contributed by atoms with Crippen molar-refractivity contribution in [3.8, 4) is 0 Å². The van der Waals surface area contributed by atoms with Gasteiger partial charge in [-0.3, -0.25) is 4.79 Å². The molecule has 1 fully saturated rings. The Morgan fingerprint density at radius 3 is 2.55 bits per heavy atom. The molecular formula is C24H25ClFN5O2. The summed E-state index contributed by atoms with van der Waals surface area (Å²) in [6.07, 6.45) is 0.741. The lowest BCUT2D eigenvalue weighted by Crippen LogP contribution is -2.36. The number of morpholine rings is 1. The number of nitrogens with one attached hydrogen (secondary N) is 2. The number of carbonyl (C=O) groups is 1. The van der Waals surface area contributed by atoms with Crippen LogP contribution in [0.5, 0.6) is 0 Å². The molecule has 1 amide bonds. The van der Waals surface area contributed by atoms with Crippen LogP contribution in [-0.4, -0.2) is 42.2 Å². The average Bonchev–Trinajstić information content (AvgIpc) is 2.81. The van der Waals surface area contributed by atoms with Crippen LogP contribution in [-0.2, 0) is 16.0 Å². The fourth-order valence-electron chi connectivity index (χ4n) is 3.50. The molecule has 3 aromatic rings. The quantitative estimate of drug-likeness (QED) is 0.521. The van der Waals surface area contributed by atoms with Gasteiger partial charge in [-0.25, -0.2) is 9.37 Å². The number of aromatic nitrogens is 2. The van der Waals surface area contributed by atoms with Crippen molar-refractivity contribution in [2.24, 2.45) is 0 Å². The third kappa shape index (κ3) is 6.40. The van der Waals surface area contributed by atoms with E-state index in [0.29, 0.717) is 31.3 Å². The third-order valence-electron chi connectivity index (χ3n) is 5.23. The van der Waals surface area contributed by atoms with Gasteiger partial charge >= 0.3 is 0 Å². The van der Waals surface area contributed by atoms with E-state index in [2.05, 4.69) is 25.5 Å². The first-order valence-electron chi connectivity index (χ1n) is 10.8. The number of rotatable bonds is 7. The van der Waals surface area contributed by atoms with Gasteiger partial charge < -0.3 is 20.3 Å². The smallest absolute Gasteiger partial charge is 0.229 e. The zero-order valence-corrected chi connectivity index (χ0v) is 19.0. The van der Waals surface area contributed by atoms with Crippen molar-refractivity contribution in [1.29, 1.82) is 0 Å². The van der Waals surface area contributed by atoms with E-state index in [1.165, 1.54) is 6.07 Å². The molecular weight excluding hydrogens is 445 g/mol. The Labute approximate surface area is 197 Å². The first-order valence-corrected chi connectivity index (χ1v) is 11.1. The predicted octanol–water partition coefficient (Wildman–Crippen LogP) is 4.73. The molecule has 0 aliphatic carbocycles. The minimum Gasteiger partial charge on any atom is -0.378 e. The molecule has 7 nitrogen and oxygen atoms in total. The Morgan fingerprint density at radius 2 is 1.82 bits per heavy atom. The average molecular weight is 470 g/mol. The molecule has 1 aliphatic rings. The highest BCUT2D eigenvalue weighted by molar-refractivity contribution is 6.30. The molecule has 0 saturated carbocycles. The van der Waals surface area contributed by atoms with Crippen LogP contribution in [0.2, 0.25) is 5.02 Å². The molecule has 2 heterocycles. The fourth-order valence-corrected chi connectivity index (χ4v) is 3.71. The number of aryl methyl sites for hydroxylation is 2. The fraction of sp³-hybridized carbons (Fsp3) is 0.292. The van der Waals surface area contributed by atoms with E-state index in [0.717, 1.165) is 35.9 Å². The van der Waals surface area contributed by atoms with E-state index in [-0.39, 0.29) is 17.4 Å². The molecule has 0 radical (unpaired) electrons. The van der Waals surface area contributed by atoms with Crippen molar-refractivity contribution in [2.75, 3.05) is 41.8 Å². The number of anilines is 4. The maximum Gasteiger partial charge on any atom is 0.229 e. The van der Waals surface area contributed by atoms with E-state index >= 15 is 0 Å². The maximum absolute atomic E-state index is 13.2. The molecule has 0 atom stereocenters. The van der Waals surface area contributed by atoms with Gasteiger partial charge in [0.1, 0.15) is 11.6 Å². The van der Waals surface area contributed by atoms with Gasteiger partial charge in [-0.2, -0.15) is 4.98 Å². The molecule has 33 heavy (non-hydrogen) atoms. The summed E-state index contributed by atoms with van der Waals surface area (Å²) in [6.45, 7) is 4.93. The zero-order valence-electron chi connectivity index (χ0n) is 18.3. The third-order valence-corrected chi connectivity index (χ3v) is 5.51. The van der Waals surface area contributed by atoms with Gasteiger partial charge in [0, 0.05) is 42.6 Å². The normalized spacial score (nSPS) is 13.6. The molecule has 1 aliphatic heterocycles. The van der Waals surface area contributed by atoms with Crippen molar-refractivity contribution in [3.05, 3.63) is 70.6 Å². The summed E-state index contributed by atoms with van der Waals surface area (Å²) in [7, 11) is 0. The molecule has 0 unspecified atom stereocenters. The molecule has 172 valence electrons. The SMILES string of the molecule is Cc1cc(N2CCOCC2)nc(Nc2ccc(NC(=O)CCc3ccc(F)c(Cl)c3)cc2)n1. The minimum atomic E-state index is -0.466. The second kappa shape index (κ2) is 10.6. The number of amides is 1. The Morgan fingerprint density at radius 1 is 1.09 bits per heavy atom. The van der Waals surface area contributed by atoms with E-state index < -0.39 is 5.82 Å². The highest BCUT2D eigenvalue weighted by Gasteiger charge is 2.14. The maximum atomic E-state index is 13.2. The summed E-state index contributed by atoms with van der Waals surface area (Å²) in [5.41, 5.74) is 3.18. The lowest BCUT2D eigenvalue weighted by atomic mass is 10.1. The Kier molecular flexibility index (Phi) is 7.36. The molecule has 2 aromatic carbocycles. The topological polar surface area (TPSA) is 79.4 Å². The van der Waals surface area contributed by atoms with Crippen LogP contribution in [0.25, 0.3) is 0 Å². The van der Waals surface area contributed by atoms with E-state index in [1.807, 2.05) is 37.3 Å². The van der Waals surface area contributed by atoms with Gasteiger partial charge in [0.05, 0.1) is 18.2 Å². The Bertz CT molecular complexity index is 1120.